The maximum atomic E-state index is 12.3. The van der Waals surface area contributed by atoms with E-state index in [2.05, 4.69) is 26.0 Å². The van der Waals surface area contributed by atoms with Crippen molar-refractivity contribution < 1.29 is 9.53 Å². The number of benzene rings is 1. The van der Waals surface area contributed by atoms with Gasteiger partial charge < -0.3 is 9.64 Å². The third-order valence-corrected chi connectivity index (χ3v) is 3.86. The van der Waals surface area contributed by atoms with Gasteiger partial charge in [0.05, 0.1) is 18.2 Å². The van der Waals surface area contributed by atoms with Gasteiger partial charge in [0.1, 0.15) is 0 Å². The molecule has 1 aromatic rings. The average molecular weight is 275 g/mol. The van der Waals surface area contributed by atoms with Gasteiger partial charge in [-0.1, -0.05) is 37.3 Å². The first-order valence-corrected chi connectivity index (χ1v) is 7.49. The summed E-state index contributed by atoms with van der Waals surface area (Å²) in [4.78, 5) is 14.3. The summed E-state index contributed by atoms with van der Waals surface area (Å²) in [7, 11) is 0. The summed E-state index contributed by atoms with van der Waals surface area (Å²) in [6.07, 6.45) is 2.50. The molecular weight excluding hydrogens is 250 g/mol. The molecule has 1 aliphatic rings. The molecule has 1 heterocycles. The SMILES string of the molecule is CCCC(=O)N1CC(Cc2ccccc2)OCC1(C)C. The smallest absolute Gasteiger partial charge is 0.223 e. The van der Waals surface area contributed by atoms with Crippen LogP contribution in [-0.4, -0.2) is 35.6 Å². The largest absolute Gasteiger partial charge is 0.374 e. The van der Waals surface area contributed by atoms with E-state index in [1.807, 2.05) is 30.0 Å². The fourth-order valence-electron chi connectivity index (χ4n) is 2.69. The van der Waals surface area contributed by atoms with Gasteiger partial charge in [0.15, 0.2) is 0 Å². The molecule has 20 heavy (non-hydrogen) atoms. The Morgan fingerprint density at radius 1 is 1.35 bits per heavy atom. The number of rotatable bonds is 4. The summed E-state index contributed by atoms with van der Waals surface area (Å²) >= 11 is 0. The molecule has 3 nitrogen and oxygen atoms in total. The van der Waals surface area contributed by atoms with Crippen LogP contribution >= 0.6 is 0 Å². The van der Waals surface area contributed by atoms with E-state index in [-0.39, 0.29) is 17.6 Å². The minimum Gasteiger partial charge on any atom is -0.374 e. The Labute approximate surface area is 121 Å². The zero-order valence-electron chi connectivity index (χ0n) is 12.8. The van der Waals surface area contributed by atoms with Gasteiger partial charge in [-0.3, -0.25) is 4.79 Å². The van der Waals surface area contributed by atoms with Gasteiger partial charge in [0.25, 0.3) is 0 Å². The molecule has 1 saturated heterocycles. The lowest BCUT2D eigenvalue weighted by atomic mass is 9.97. The maximum absolute atomic E-state index is 12.3. The fraction of sp³-hybridized carbons (Fsp3) is 0.588. The molecule has 2 rings (SSSR count). The van der Waals surface area contributed by atoms with Crippen LogP contribution in [0, 0.1) is 0 Å². The van der Waals surface area contributed by atoms with E-state index in [1.54, 1.807) is 0 Å². The van der Waals surface area contributed by atoms with Crippen molar-refractivity contribution in [1.82, 2.24) is 4.90 Å². The zero-order chi connectivity index (χ0) is 14.6. The maximum Gasteiger partial charge on any atom is 0.223 e. The second-order valence-electron chi connectivity index (χ2n) is 6.19. The fourth-order valence-corrected chi connectivity index (χ4v) is 2.69. The summed E-state index contributed by atoms with van der Waals surface area (Å²) in [5.41, 5.74) is 1.07. The van der Waals surface area contributed by atoms with Crippen molar-refractivity contribution >= 4 is 5.91 Å². The van der Waals surface area contributed by atoms with Crippen LogP contribution in [0.15, 0.2) is 30.3 Å². The third kappa shape index (κ3) is 3.60. The number of amides is 1. The molecule has 1 amide bonds. The highest BCUT2D eigenvalue weighted by atomic mass is 16.5. The molecule has 1 aliphatic heterocycles. The van der Waals surface area contributed by atoms with E-state index >= 15 is 0 Å². The van der Waals surface area contributed by atoms with Gasteiger partial charge in [0, 0.05) is 19.4 Å². The van der Waals surface area contributed by atoms with Crippen LogP contribution in [0.2, 0.25) is 0 Å². The first-order chi connectivity index (χ1) is 9.53. The summed E-state index contributed by atoms with van der Waals surface area (Å²) in [6.45, 7) is 7.52. The van der Waals surface area contributed by atoms with Crippen molar-refractivity contribution in [3.63, 3.8) is 0 Å². The molecule has 0 saturated carbocycles. The van der Waals surface area contributed by atoms with Gasteiger partial charge in [-0.05, 0) is 25.8 Å². The van der Waals surface area contributed by atoms with Crippen LogP contribution in [0.3, 0.4) is 0 Å². The van der Waals surface area contributed by atoms with Crippen LogP contribution in [0.1, 0.15) is 39.2 Å². The first kappa shape index (κ1) is 15.0. The minimum absolute atomic E-state index is 0.103. The number of carbonyl (C=O) groups excluding carboxylic acids is 1. The number of hydrogen-bond donors (Lipinski definition) is 0. The lowest BCUT2D eigenvalue weighted by molar-refractivity contribution is -0.154. The Morgan fingerprint density at radius 2 is 2.05 bits per heavy atom. The lowest BCUT2D eigenvalue weighted by Gasteiger charge is -2.45. The summed E-state index contributed by atoms with van der Waals surface area (Å²) < 4.78 is 5.96. The molecule has 1 unspecified atom stereocenters. The zero-order valence-corrected chi connectivity index (χ0v) is 12.8. The van der Waals surface area contributed by atoms with Crippen molar-refractivity contribution in [2.75, 3.05) is 13.2 Å². The predicted octanol–water partition coefficient (Wildman–Crippen LogP) is 3.04. The number of ether oxygens (including phenoxy) is 1. The van der Waals surface area contributed by atoms with Crippen molar-refractivity contribution in [1.29, 1.82) is 0 Å². The average Bonchev–Trinajstić information content (AvgIpc) is 2.42. The topological polar surface area (TPSA) is 29.5 Å². The van der Waals surface area contributed by atoms with E-state index in [0.29, 0.717) is 19.6 Å². The quantitative estimate of drug-likeness (QED) is 0.845. The molecule has 110 valence electrons. The van der Waals surface area contributed by atoms with E-state index in [4.69, 9.17) is 4.74 Å². The molecule has 0 aliphatic carbocycles. The highest BCUT2D eigenvalue weighted by molar-refractivity contribution is 5.77. The molecule has 0 aromatic heterocycles. The van der Waals surface area contributed by atoms with E-state index in [9.17, 15) is 4.79 Å². The second-order valence-corrected chi connectivity index (χ2v) is 6.19. The lowest BCUT2D eigenvalue weighted by Crippen LogP contribution is -2.58. The highest BCUT2D eigenvalue weighted by Crippen LogP contribution is 2.24. The van der Waals surface area contributed by atoms with Crippen molar-refractivity contribution in [3.05, 3.63) is 35.9 Å². The number of hydrogen-bond acceptors (Lipinski definition) is 2. The Balaban J connectivity index is 2.02. The van der Waals surface area contributed by atoms with Gasteiger partial charge in [-0.25, -0.2) is 0 Å². The minimum atomic E-state index is -0.195. The second kappa shape index (κ2) is 6.40. The van der Waals surface area contributed by atoms with Crippen molar-refractivity contribution in [2.45, 2.75) is 51.7 Å². The van der Waals surface area contributed by atoms with E-state index < -0.39 is 0 Å². The summed E-state index contributed by atoms with van der Waals surface area (Å²) in [5, 5.41) is 0. The van der Waals surface area contributed by atoms with Crippen LogP contribution in [0.25, 0.3) is 0 Å². The molecule has 3 heteroatoms. The molecular formula is C17H25NO2. The normalized spacial score (nSPS) is 21.8. The van der Waals surface area contributed by atoms with Gasteiger partial charge in [-0.2, -0.15) is 0 Å². The Bertz CT molecular complexity index is 442. The molecule has 0 radical (unpaired) electrons. The number of nitrogens with zero attached hydrogens (tertiary/aromatic N) is 1. The first-order valence-electron chi connectivity index (χ1n) is 7.49. The molecule has 1 fully saturated rings. The van der Waals surface area contributed by atoms with Crippen LogP contribution < -0.4 is 0 Å². The summed E-state index contributed by atoms with van der Waals surface area (Å²) in [6, 6.07) is 10.3. The van der Waals surface area contributed by atoms with Crippen LogP contribution in [0.5, 0.6) is 0 Å². The van der Waals surface area contributed by atoms with E-state index in [1.165, 1.54) is 5.56 Å². The Morgan fingerprint density at radius 3 is 2.70 bits per heavy atom. The Kier molecular flexibility index (Phi) is 4.81. The molecule has 0 spiro atoms. The van der Waals surface area contributed by atoms with Crippen molar-refractivity contribution in [2.24, 2.45) is 0 Å². The molecule has 0 N–H and O–H groups in total. The Hall–Kier alpha value is -1.35. The van der Waals surface area contributed by atoms with Crippen LogP contribution in [-0.2, 0) is 16.0 Å². The number of morpholine rings is 1. The van der Waals surface area contributed by atoms with Crippen molar-refractivity contribution in [3.8, 4) is 0 Å². The standard InChI is InChI=1S/C17H25NO2/c1-4-8-16(19)18-12-15(20-13-17(18,2)3)11-14-9-6-5-7-10-14/h5-7,9-10,15H,4,8,11-13H2,1-3H3. The monoisotopic (exact) mass is 275 g/mol. The highest BCUT2D eigenvalue weighted by Gasteiger charge is 2.37. The third-order valence-electron chi connectivity index (χ3n) is 3.86. The molecule has 0 bridgehead atoms. The predicted molar refractivity (Wildman–Crippen MR) is 80.6 cm³/mol. The number of carbonyl (C=O) groups is 1. The van der Waals surface area contributed by atoms with Gasteiger partial charge in [-0.15, -0.1) is 0 Å². The molecule has 1 atom stereocenters. The van der Waals surface area contributed by atoms with Gasteiger partial charge >= 0.3 is 0 Å². The van der Waals surface area contributed by atoms with Gasteiger partial charge in [0.2, 0.25) is 5.91 Å². The molecule has 1 aromatic carbocycles. The summed E-state index contributed by atoms with van der Waals surface area (Å²) in [5.74, 6) is 0.249. The van der Waals surface area contributed by atoms with E-state index in [0.717, 1.165) is 12.8 Å². The van der Waals surface area contributed by atoms with Crippen LogP contribution in [0.4, 0.5) is 0 Å².